The summed E-state index contributed by atoms with van der Waals surface area (Å²) in [5, 5.41) is 0. The average Bonchev–Trinajstić information content (AvgIpc) is 2.58. The van der Waals surface area contributed by atoms with Crippen molar-refractivity contribution in [3.63, 3.8) is 0 Å². The van der Waals surface area contributed by atoms with Crippen LogP contribution >= 0.6 is 0 Å². The molecule has 0 aliphatic carbocycles. The zero-order chi connectivity index (χ0) is 10.5. The predicted molar refractivity (Wildman–Crippen MR) is 61.8 cm³/mol. The van der Waals surface area contributed by atoms with E-state index in [1.54, 1.807) is 0 Å². The van der Waals surface area contributed by atoms with Crippen LogP contribution in [0.4, 0.5) is 0 Å². The molecule has 2 fully saturated rings. The van der Waals surface area contributed by atoms with E-state index in [1.165, 1.54) is 45.2 Å². The third-order valence-corrected chi connectivity index (χ3v) is 3.76. The van der Waals surface area contributed by atoms with Crippen molar-refractivity contribution in [3.8, 4) is 0 Å². The minimum Gasteiger partial charge on any atom is -0.381 e. The van der Waals surface area contributed by atoms with Crippen LogP contribution in [-0.4, -0.2) is 43.8 Å². The van der Waals surface area contributed by atoms with Crippen LogP contribution in [0.25, 0.3) is 0 Å². The Kier molecular flexibility index (Phi) is 4.42. The highest BCUT2D eigenvalue weighted by Crippen LogP contribution is 2.22. The number of hydrogen-bond acceptors (Lipinski definition) is 3. The number of nitrogens with two attached hydrogens (primary N) is 1. The average molecular weight is 212 g/mol. The molecule has 3 heteroatoms. The largest absolute Gasteiger partial charge is 0.381 e. The van der Waals surface area contributed by atoms with Gasteiger partial charge in [-0.3, -0.25) is 0 Å². The van der Waals surface area contributed by atoms with Gasteiger partial charge in [0.05, 0.1) is 13.2 Å². The Balaban J connectivity index is 1.59. The number of ether oxygens (including phenoxy) is 1. The normalized spacial score (nSPS) is 28.2. The molecule has 1 atom stereocenters. The molecule has 0 saturated carbocycles. The minimum atomic E-state index is 0.785. The Labute approximate surface area is 93.0 Å². The fourth-order valence-corrected chi connectivity index (χ4v) is 2.74. The molecule has 1 unspecified atom stereocenters. The van der Waals surface area contributed by atoms with Crippen molar-refractivity contribution < 1.29 is 4.74 Å². The van der Waals surface area contributed by atoms with Crippen LogP contribution in [0.1, 0.15) is 32.1 Å². The second kappa shape index (κ2) is 5.83. The molecule has 2 N–H and O–H groups in total. The summed E-state index contributed by atoms with van der Waals surface area (Å²) >= 11 is 0. The first-order valence-electron chi connectivity index (χ1n) is 6.42. The molecule has 2 heterocycles. The lowest BCUT2D eigenvalue weighted by atomic mass is 10.0. The van der Waals surface area contributed by atoms with Gasteiger partial charge in [-0.05, 0) is 51.7 Å². The molecular weight excluding hydrogens is 188 g/mol. The predicted octanol–water partition coefficient (Wildman–Crippen LogP) is 1.23. The molecule has 15 heavy (non-hydrogen) atoms. The molecule has 0 radical (unpaired) electrons. The van der Waals surface area contributed by atoms with Gasteiger partial charge in [-0.25, -0.2) is 0 Å². The molecule has 0 spiro atoms. The minimum absolute atomic E-state index is 0.785. The number of likely N-dealkylation sites (tertiary alicyclic amines) is 1. The lowest BCUT2D eigenvalue weighted by molar-refractivity contribution is -0.0371. The van der Waals surface area contributed by atoms with Crippen LogP contribution < -0.4 is 5.73 Å². The van der Waals surface area contributed by atoms with Crippen molar-refractivity contribution in [1.82, 2.24) is 4.90 Å². The Hall–Kier alpha value is -0.120. The van der Waals surface area contributed by atoms with E-state index in [2.05, 4.69) is 4.90 Å². The standard InChI is InChI=1S/C12H24N2O/c13-6-5-12-4-2-8-14(12)7-1-3-11-9-15-10-11/h11-12H,1-10,13H2. The molecule has 2 rings (SSSR count). The van der Waals surface area contributed by atoms with E-state index < -0.39 is 0 Å². The number of nitrogens with zero attached hydrogens (tertiary/aromatic N) is 1. The maximum atomic E-state index is 5.63. The lowest BCUT2D eigenvalue weighted by Gasteiger charge is -2.28. The molecule has 0 aromatic heterocycles. The Morgan fingerprint density at radius 1 is 1.27 bits per heavy atom. The fourth-order valence-electron chi connectivity index (χ4n) is 2.74. The van der Waals surface area contributed by atoms with E-state index in [1.807, 2.05) is 0 Å². The van der Waals surface area contributed by atoms with E-state index >= 15 is 0 Å². The summed E-state index contributed by atoms with van der Waals surface area (Å²) in [6.07, 6.45) is 6.62. The van der Waals surface area contributed by atoms with Crippen molar-refractivity contribution in [2.45, 2.75) is 38.1 Å². The van der Waals surface area contributed by atoms with Crippen molar-refractivity contribution in [1.29, 1.82) is 0 Å². The van der Waals surface area contributed by atoms with Gasteiger partial charge in [-0.1, -0.05) is 0 Å². The molecule has 3 nitrogen and oxygen atoms in total. The van der Waals surface area contributed by atoms with E-state index in [4.69, 9.17) is 10.5 Å². The summed E-state index contributed by atoms with van der Waals surface area (Å²) in [7, 11) is 0. The van der Waals surface area contributed by atoms with Crippen LogP contribution in [0.2, 0.25) is 0 Å². The van der Waals surface area contributed by atoms with Crippen molar-refractivity contribution in [2.24, 2.45) is 11.7 Å². The van der Waals surface area contributed by atoms with Gasteiger partial charge in [-0.2, -0.15) is 0 Å². The molecule has 2 aliphatic heterocycles. The van der Waals surface area contributed by atoms with E-state index in [0.717, 1.165) is 31.7 Å². The van der Waals surface area contributed by atoms with Crippen molar-refractivity contribution in [2.75, 3.05) is 32.8 Å². The van der Waals surface area contributed by atoms with Crippen LogP contribution in [0.5, 0.6) is 0 Å². The number of rotatable bonds is 6. The van der Waals surface area contributed by atoms with Gasteiger partial charge in [0.1, 0.15) is 0 Å². The van der Waals surface area contributed by atoms with E-state index in [-0.39, 0.29) is 0 Å². The van der Waals surface area contributed by atoms with Gasteiger partial charge < -0.3 is 15.4 Å². The SMILES string of the molecule is NCCC1CCCN1CCCC1COC1. The molecule has 2 saturated heterocycles. The first-order chi connectivity index (χ1) is 7.40. The molecular formula is C12H24N2O. The van der Waals surface area contributed by atoms with Crippen molar-refractivity contribution >= 4 is 0 Å². The highest BCUT2D eigenvalue weighted by molar-refractivity contribution is 4.79. The maximum absolute atomic E-state index is 5.63. The molecule has 0 bridgehead atoms. The van der Waals surface area contributed by atoms with Crippen LogP contribution in [0, 0.1) is 5.92 Å². The summed E-state index contributed by atoms with van der Waals surface area (Å²) in [6, 6.07) is 0.785. The molecule has 0 aromatic carbocycles. The Morgan fingerprint density at radius 2 is 2.13 bits per heavy atom. The number of hydrogen-bond donors (Lipinski definition) is 1. The maximum Gasteiger partial charge on any atom is 0.0516 e. The van der Waals surface area contributed by atoms with Gasteiger partial charge in [-0.15, -0.1) is 0 Å². The first kappa shape index (κ1) is 11.4. The molecule has 0 aromatic rings. The summed E-state index contributed by atoms with van der Waals surface area (Å²) in [6.45, 7) is 5.43. The zero-order valence-corrected chi connectivity index (χ0v) is 9.66. The topological polar surface area (TPSA) is 38.5 Å². The van der Waals surface area contributed by atoms with Crippen LogP contribution in [-0.2, 0) is 4.74 Å². The van der Waals surface area contributed by atoms with E-state index in [0.29, 0.717) is 0 Å². The third kappa shape index (κ3) is 3.16. The van der Waals surface area contributed by atoms with Gasteiger partial charge in [0, 0.05) is 12.0 Å². The Bertz CT molecular complexity index is 182. The zero-order valence-electron chi connectivity index (χ0n) is 9.66. The van der Waals surface area contributed by atoms with Crippen LogP contribution in [0.3, 0.4) is 0 Å². The van der Waals surface area contributed by atoms with Gasteiger partial charge >= 0.3 is 0 Å². The van der Waals surface area contributed by atoms with Crippen LogP contribution in [0.15, 0.2) is 0 Å². The molecule has 88 valence electrons. The summed E-state index contributed by atoms with van der Waals surface area (Å²) in [4.78, 5) is 2.65. The third-order valence-electron chi connectivity index (χ3n) is 3.76. The highest BCUT2D eigenvalue weighted by atomic mass is 16.5. The first-order valence-corrected chi connectivity index (χ1v) is 6.42. The smallest absolute Gasteiger partial charge is 0.0516 e. The van der Waals surface area contributed by atoms with Gasteiger partial charge in [0.2, 0.25) is 0 Å². The Morgan fingerprint density at radius 3 is 2.80 bits per heavy atom. The molecule has 0 amide bonds. The second-order valence-corrected chi connectivity index (χ2v) is 4.96. The summed E-state index contributed by atoms with van der Waals surface area (Å²) in [5.41, 5.74) is 5.63. The lowest BCUT2D eigenvalue weighted by Crippen LogP contribution is -2.33. The van der Waals surface area contributed by atoms with E-state index in [9.17, 15) is 0 Å². The van der Waals surface area contributed by atoms with Gasteiger partial charge in [0.25, 0.3) is 0 Å². The monoisotopic (exact) mass is 212 g/mol. The highest BCUT2D eigenvalue weighted by Gasteiger charge is 2.24. The van der Waals surface area contributed by atoms with Crippen molar-refractivity contribution in [3.05, 3.63) is 0 Å². The molecule has 2 aliphatic rings. The summed E-state index contributed by atoms with van der Waals surface area (Å²) < 4.78 is 5.19. The second-order valence-electron chi connectivity index (χ2n) is 4.96. The quantitative estimate of drug-likeness (QED) is 0.719. The fraction of sp³-hybridized carbons (Fsp3) is 1.00. The summed E-state index contributed by atoms with van der Waals surface area (Å²) in [5.74, 6) is 0.862. The van der Waals surface area contributed by atoms with Gasteiger partial charge in [0.15, 0.2) is 0 Å².